The van der Waals surface area contributed by atoms with Crippen molar-refractivity contribution in [2.75, 3.05) is 14.2 Å². The maximum atomic E-state index is 11.9. The average Bonchev–Trinajstić information content (AvgIpc) is 2.98. The minimum Gasteiger partial charge on any atom is -0.465 e. The summed E-state index contributed by atoms with van der Waals surface area (Å²) in [5.74, 6) is -2.22. The molecule has 0 aliphatic rings. The van der Waals surface area contributed by atoms with E-state index in [1.807, 2.05) is 0 Å². The summed E-state index contributed by atoms with van der Waals surface area (Å²) in [6, 6.07) is 5.38. The molecule has 1 aromatic heterocycles. The summed E-state index contributed by atoms with van der Waals surface area (Å²) < 4.78 is 13.9. The highest BCUT2D eigenvalue weighted by atomic mass is 16.6. The molecule has 0 radical (unpaired) electrons. The molecule has 0 bridgehead atoms. The number of non-ortho nitro benzene ring substituents is 1. The fourth-order valence-electron chi connectivity index (χ4n) is 1.78. The third-order valence-corrected chi connectivity index (χ3v) is 2.78. The first-order chi connectivity index (χ1) is 10.5. The molecule has 0 saturated carbocycles. The van der Waals surface area contributed by atoms with E-state index in [-0.39, 0.29) is 22.5 Å². The van der Waals surface area contributed by atoms with Gasteiger partial charge in [0.05, 0.1) is 19.1 Å². The molecule has 1 heterocycles. The SMILES string of the molecule is COC(=O)c1onc(-c2cccc([N+](=O)[O-])c2)c1C(=O)OC. The zero-order valence-corrected chi connectivity index (χ0v) is 11.6. The number of methoxy groups -OCH3 is 2. The lowest BCUT2D eigenvalue weighted by Crippen LogP contribution is -2.10. The molecule has 0 atom stereocenters. The van der Waals surface area contributed by atoms with E-state index < -0.39 is 22.6 Å². The fourth-order valence-corrected chi connectivity index (χ4v) is 1.78. The van der Waals surface area contributed by atoms with Gasteiger partial charge in [0.15, 0.2) is 0 Å². The standard InChI is InChI=1S/C13H10N2O7/c1-20-12(16)9-10(14-22-11(9)13(17)21-2)7-4-3-5-8(6-7)15(18)19/h3-6H,1-2H3. The highest BCUT2D eigenvalue weighted by Gasteiger charge is 2.30. The quantitative estimate of drug-likeness (QED) is 0.476. The first-order valence-electron chi connectivity index (χ1n) is 5.90. The fraction of sp³-hybridized carbons (Fsp3) is 0.154. The van der Waals surface area contributed by atoms with Gasteiger partial charge in [0.2, 0.25) is 0 Å². The highest BCUT2D eigenvalue weighted by molar-refractivity contribution is 6.05. The van der Waals surface area contributed by atoms with Crippen molar-refractivity contribution in [3.63, 3.8) is 0 Å². The second kappa shape index (κ2) is 6.04. The van der Waals surface area contributed by atoms with Crippen LogP contribution in [0.15, 0.2) is 28.8 Å². The Morgan fingerprint density at radius 3 is 2.50 bits per heavy atom. The minimum absolute atomic E-state index is 0.0454. The van der Waals surface area contributed by atoms with Gasteiger partial charge in [-0.1, -0.05) is 17.3 Å². The van der Waals surface area contributed by atoms with Gasteiger partial charge in [-0.3, -0.25) is 10.1 Å². The summed E-state index contributed by atoms with van der Waals surface area (Å²) >= 11 is 0. The summed E-state index contributed by atoms with van der Waals surface area (Å²) in [4.78, 5) is 33.7. The van der Waals surface area contributed by atoms with Crippen molar-refractivity contribution in [1.82, 2.24) is 5.16 Å². The predicted molar refractivity (Wildman–Crippen MR) is 71.3 cm³/mol. The molecule has 22 heavy (non-hydrogen) atoms. The van der Waals surface area contributed by atoms with Crippen LogP contribution in [0.5, 0.6) is 0 Å². The van der Waals surface area contributed by atoms with Gasteiger partial charge < -0.3 is 14.0 Å². The van der Waals surface area contributed by atoms with Gasteiger partial charge in [-0.25, -0.2) is 9.59 Å². The van der Waals surface area contributed by atoms with Crippen LogP contribution in [0.25, 0.3) is 11.3 Å². The summed E-state index contributed by atoms with van der Waals surface area (Å²) in [5.41, 5.74) is -0.268. The Kier molecular flexibility index (Phi) is 4.16. The molecule has 0 aliphatic carbocycles. The van der Waals surface area contributed by atoms with Gasteiger partial charge in [0, 0.05) is 17.7 Å². The van der Waals surface area contributed by atoms with Crippen molar-refractivity contribution < 1.29 is 28.5 Å². The van der Waals surface area contributed by atoms with Crippen molar-refractivity contribution in [3.05, 3.63) is 45.7 Å². The van der Waals surface area contributed by atoms with Gasteiger partial charge in [-0.05, 0) is 0 Å². The second-order valence-electron chi connectivity index (χ2n) is 4.03. The van der Waals surface area contributed by atoms with Crippen molar-refractivity contribution in [2.45, 2.75) is 0 Å². The van der Waals surface area contributed by atoms with Crippen LogP contribution < -0.4 is 0 Å². The van der Waals surface area contributed by atoms with Crippen LogP contribution in [0.4, 0.5) is 5.69 Å². The van der Waals surface area contributed by atoms with Crippen LogP contribution in [0.2, 0.25) is 0 Å². The van der Waals surface area contributed by atoms with E-state index in [4.69, 9.17) is 4.52 Å². The number of carbonyl (C=O) groups excluding carboxylic acids is 2. The van der Waals surface area contributed by atoms with Gasteiger partial charge >= 0.3 is 11.9 Å². The third-order valence-electron chi connectivity index (χ3n) is 2.78. The summed E-state index contributed by atoms with van der Waals surface area (Å²) in [6.07, 6.45) is 0. The van der Waals surface area contributed by atoms with Crippen molar-refractivity contribution in [2.24, 2.45) is 0 Å². The highest BCUT2D eigenvalue weighted by Crippen LogP contribution is 2.29. The first kappa shape index (κ1) is 15.2. The van der Waals surface area contributed by atoms with E-state index in [1.54, 1.807) is 0 Å². The van der Waals surface area contributed by atoms with Crippen LogP contribution in [0, 0.1) is 10.1 Å². The van der Waals surface area contributed by atoms with E-state index in [0.29, 0.717) is 0 Å². The molecule has 2 aromatic rings. The van der Waals surface area contributed by atoms with Crippen LogP contribution in [0.3, 0.4) is 0 Å². The van der Waals surface area contributed by atoms with Crippen molar-refractivity contribution in [1.29, 1.82) is 0 Å². The number of nitro benzene ring substituents is 1. The Morgan fingerprint density at radius 2 is 1.91 bits per heavy atom. The second-order valence-corrected chi connectivity index (χ2v) is 4.03. The first-order valence-corrected chi connectivity index (χ1v) is 5.90. The average molecular weight is 306 g/mol. The number of hydrogen-bond acceptors (Lipinski definition) is 8. The molecular weight excluding hydrogens is 296 g/mol. The molecular formula is C13H10N2O7. The van der Waals surface area contributed by atoms with E-state index in [0.717, 1.165) is 14.2 Å². The third kappa shape index (κ3) is 2.64. The lowest BCUT2D eigenvalue weighted by atomic mass is 10.1. The largest absolute Gasteiger partial charge is 0.465 e. The summed E-state index contributed by atoms with van der Waals surface area (Å²) in [5, 5.41) is 14.4. The smallest absolute Gasteiger partial charge is 0.377 e. The molecule has 0 amide bonds. The zero-order valence-electron chi connectivity index (χ0n) is 11.6. The van der Waals surface area contributed by atoms with E-state index in [2.05, 4.69) is 14.6 Å². The number of esters is 2. The van der Waals surface area contributed by atoms with Gasteiger partial charge in [0.1, 0.15) is 11.3 Å². The summed E-state index contributed by atoms with van der Waals surface area (Å²) in [7, 11) is 2.23. The van der Waals surface area contributed by atoms with E-state index in [9.17, 15) is 19.7 Å². The number of rotatable bonds is 4. The molecule has 0 unspecified atom stereocenters. The van der Waals surface area contributed by atoms with E-state index in [1.165, 1.54) is 24.3 Å². The lowest BCUT2D eigenvalue weighted by Gasteiger charge is -2.01. The normalized spacial score (nSPS) is 10.1. The molecule has 0 aliphatic heterocycles. The Labute approximate surface area is 123 Å². The molecule has 0 N–H and O–H groups in total. The monoisotopic (exact) mass is 306 g/mol. The van der Waals surface area contributed by atoms with Gasteiger partial charge in [-0.15, -0.1) is 0 Å². The Hall–Kier alpha value is -3.23. The zero-order chi connectivity index (χ0) is 16.3. The van der Waals surface area contributed by atoms with Crippen LogP contribution >= 0.6 is 0 Å². The van der Waals surface area contributed by atoms with Gasteiger partial charge in [-0.2, -0.15) is 0 Å². The van der Waals surface area contributed by atoms with E-state index >= 15 is 0 Å². The lowest BCUT2D eigenvalue weighted by molar-refractivity contribution is -0.384. The number of benzene rings is 1. The topological polar surface area (TPSA) is 122 Å². The number of hydrogen-bond donors (Lipinski definition) is 0. The van der Waals surface area contributed by atoms with Crippen LogP contribution in [-0.4, -0.2) is 36.2 Å². The number of carbonyl (C=O) groups is 2. The van der Waals surface area contributed by atoms with Crippen molar-refractivity contribution >= 4 is 17.6 Å². The molecule has 0 spiro atoms. The number of aromatic nitrogens is 1. The predicted octanol–water partition coefficient (Wildman–Crippen LogP) is 1.82. The molecule has 0 fully saturated rings. The Balaban J connectivity index is 2.63. The maximum Gasteiger partial charge on any atom is 0.377 e. The molecule has 0 saturated heterocycles. The molecule has 9 nitrogen and oxygen atoms in total. The number of nitro groups is 1. The Morgan fingerprint density at radius 1 is 1.23 bits per heavy atom. The molecule has 2 rings (SSSR count). The molecule has 1 aromatic carbocycles. The Bertz CT molecular complexity index is 751. The van der Waals surface area contributed by atoms with Crippen molar-refractivity contribution in [3.8, 4) is 11.3 Å². The number of nitrogens with zero attached hydrogens (tertiary/aromatic N) is 2. The number of ether oxygens (including phenoxy) is 2. The van der Waals surface area contributed by atoms with Gasteiger partial charge in [0.25, 0.3) is 11.4 Å². The summed E-state index contributed by atoms with van der Waals surface area (Å²) in [6.45, 7) is 0. The van der Waals surface area contributed by atoms with Crippen LogP contribution in [0.1, 0.15) is 20.9 Å². The molecule has 9 heteroatoms. The maximum absolute atomic E-state index is 11.9. The minimum atomic E-state index is -0.912. The molecule has 114 valence electrons. The van der Waals surface area contributed by atoms with Crippen LogP contribution in [-0.2, 0) is 9.47 Å².